The van der Waals surface area contributed by atoms with Crippen molar-refractivity contribution in [2.24, 2.45) is 0 Å². The summed E-state index contributed by atoms with van der Waals surface area (Å²) in [6.45, 7) is 13.0. The predicted molar refractivity (Wildman–Crippen MR) is 192 cm³/mol. The zero-order valence-electron chi connectivity index (χ0n) is 30.5. The zero-order chi connectivity index (χ0) is 34.4. The molecule has 0 aliphatic rings. The summed E-state index contributed by atoms with van der Waals surface area (Å²) < 4.78 is 43.9. The van der Waals surface area contributed by atoms with Crippen molar-refractivity contribution in [3.63, 3.8) is 0 Å². The van der Waals surface area contributed by atoms with Gasteiger partial charge in [-0.1, -0.05) is 84.5 Å². The van der Waals surface area contributed by atoms with E-state index in [0.717, 1.165) is 38.1 Å². The van der Waals surface area contributed by atoms with Gasteiger partial charge in [-0.3, -0.25) is 0 Å². The van der Waals surface area contributed by atoms with Gasteiger partial charge in [0.25, 0.3) is 0 Å². The molecule has 0 saturated carbocycles. The molecule has 0 unspecified atom stereocenters. The number of nitrogens with one attached hydrogen (secondary N) is 1. The van der Waals surface area contributed by atoms with Gasteiger partial charge in [0.2, 0.25) is 0 Å². The fraction of sp³-hybridized carbons (Fsp3) is 0.816. The van der Waals surface area contributed by atoms with Gasteiger partial charge in [-0.2, -0.15) is 0 Å². The summed E-state index contributed by atoms with van der Waals surface area (Å²) >= 11 is 0. The molecular formula is C38H69NO9. The van der Waals surface area contributed by atoms with Crippen LogP contribution in [-0.4, -0.2) is 112 Å². The van der Waals surface area contributed by atoms with Crippen LogP contribution in [0, 0.1) is 0 Å². The first-order valence-corrected chi connectivity index (χ1v) is 18.8. The molecule has 0 aliphatic carbocycles. The molecule has 0 amide bonds. The Morgan fingerprint density at radius 3 is 1.21 bits per heavy atom. The summed E-state index contributed by atoms with van der Waals surface area (Å²) in [6, 6.07) is 7.32. The second-order valence-corrected chi connectivity index (χ2v) is 11.8. The number of benzene rings is 1. The first-order chi connectivity index (χ1) is 23.8. The van der Waals surface area contributed by atoms with Gasteiger partial charge in [0.1, 0.15) is 6.61 Å². The largest absolute Gasteiger partial charge is 0.460 e. The maximum Gasteiger partial charge on any atom is 0.338 e. The lowest BCUT2D eigenvalue weighted by atomic mass is 10.1. The number of carbonyl (C=O) groups excluding carboxylic acids is 1. The van der Waals surface area contributed by atoms with Gasteiger partial charge in [0.05, 0.1) is 91.5 Å². The number of rotatable bonds is 38. The number of hydrogen-bond donors (Lipinski definition) is 1. The SMILES string of the molecule is CCCCCCCCCCCCCOCCOCCOCCOCCOCCOCCOCCOC(=O)c1ccc(NCCCC)cc1. The molecule has 10 nitrogen and oxygen atoms in total. The summed E-state index contributed by atoms with van der Waals surface area (Å²) in [7, 11) is 0. The second-order valence-electron chi connectivity index (χ2n) is 11.8. The highest BCUT2D eigenvalue weighted by molar-refractivity contribution is 5.89. The van der Waals surface area contributed by atoms with Crippen molar-refractivity contribution in [1.29, 1.82) is 0 Å². The molecule has 0 saturated heterocycles. The number of carbonyl (C=O) groups is 1. The van der Waals surface area contributed by atoms with Crippen LogP contribution >= 0.6 is 0 Å². The molecule has 1 rings (SSSR count). The molecular weight excluding hydrogens is 614 g/mol. The Kier molecular flexibility index (Phi) is 33.6. The smallest absolute Gasteiger partial charge is 0.338 e. The Morgan fingerprint density at radius 1 is 0.438 bits per heavy atom. The van der Waals surface area contributed by atoms with Crippen molar-refractivity contribution in [1.82, 2.24) is 0 Å². The van der Waals surface area contributed by atoms with Gasteiger partial charge < -0.3 is 43.2 Å². The van der Waals surface area contributed by atoms with Gasteiger partial charge >= 0.3 is 5.97 Å². The van der Waals surface area contributed by atoms with Crippen LogP contribution in [0.2, 0.25) is 0 Å². The number of esters is 1. The van der Waals surface area contributed by atoms with E-state index in [9.17, 15) is 4.79 Å². The van der Waals surface area contributed by atoms with E-state index in [2.05, 4.69) is 19.2 Å². The highest BCUT2D eigenvalue weighted by Gasteiger charge is 2.07. The molecule has 10 heteroatoms. The molecule has 280 valence electrons. The third kappa shape index (κ3) is 30.3. The van der Waals surface area contributed by atoms with E-state index in [1.807, 2.05) is 12.1 Å². The van der Waals surface area contributed by atoms with Gasteiger partial charge in [-0.25, -0.2) is 4.79 Å². The molecule has 0 aliphatic heterocycles. The van der Waals surface area contributed by atoms with E-state index < -0.39 is 0 Å². The van der Waals surface area contributed by atoms with Gasteiger partial charge in [0.15, 0.2) is 0 Å². The van der Waals surface area contributed by atoms with Crippen LogP contribution in [0.1, 0.15) is 108 Å². The minimum absolute atomic E-state index is 0.201. The molecule has 1 N–H and O–H groups in total. The standard InChI is InChI=1S/C38H69NO9/c1-3-5-7-8-9-10-11-12-13-14-15-21-41-22-23-42-24-25-43-26-27-44-28-29-45-30-31-46-32-33-47-34-35-48-38(40)36-16-18-37(19-17-36)39-20-6-4-2/h16-19,39H,3-15,20-35H2,1-2H3. The Hall–Kier alpha value is -1.79. The highest BCUT2D eigenvalue weighted by Crippen LogP contribution is 2.12. The number of unbranched alkanes of at least 4 members (excludes halogenated alkanes) is 11. The Labute approximate surface area is 292 Å². The topological polar surface area (TPSA) is 103 Å². The predicted octanol–water partition coefficient (Wildman–Crippen LogP) is 7.48. The van der Waals surface area contributed by atoms with Crippen molar-refractivity contribution in [3.05, 3.63) is 29.8 Å². The highest BCUT2D eigenvalue weighted by atomic mass is 16.6. The molecule has 1 aromatic rings. The third-order valence-corrected chi connectivity index (χ3v) is 7.57. The molecule has 0 bridgehead atoms. The van der Waals surface area contributed by atoms with Crippen LogP contribution in [0.4, 0.5) is 5.69 Å². The van der Waals surface area contributed by atoms with Gasteiger partial charge in [-0.15, -0.1) is 0 Å². The molecule has 0 heterocycles. The Morgan fingerprint density at radius 2 is 0.792 bits per heavy atom. The van der Waals surface area contributed by atoms with Crippen LogP contribution in [0.5, 0.6) is 0 Å². The lowest BCUT2D eigenvalue weighted by molar-refractivity contribution is -0.0223. The first kappa shape index (κ1) is 44.2. The van der Waals surface area contributed by atoms with E-state index in [4.69, 9.17) is 37.9 Å². The number of hydrogen-bond acceptors (Lipinski definition) is 10. The van der Waals surface area contributed by atoms with E-state index in [1.54, 1.807) is 12.1 Å². The average Bonchev–Trinajstić information content (AvgIpc) is 3.10. The first-order valence-electron chi connectivity index (χ1n) is 18.8. The molecule has 0 fully saturated rings. The third-order valence-electron chi connectivity index (χ3n) is 7.57. The van der Waals surface area contributed by atoms with Crippen LogP contribution in [0.15, 0.2) is 24.3 Å². The fourth-order valence-corrected chi connectivity index (χ4v) is 4.70. The summed E-state index contributed by atoms with van der Waals surface area (Å²) in [5, 5.41) is 3.32. The Bertz CT molecular complexity index is 797. The average molecular weight is 684 g/mol. The maximum absolute atomic E-state index is 12.1. The van der Waals surface area contributed by atoms with Crippen LogP contribution in [0.25, 0.3) is 0 Å². The maximum atomic E-state index is 12.1. The second kappa shape index (κ2) is 36.5. The molecule has 0 radical (unpaired) electrons. The lowest BCUT2D eigenvalue weighted by Crippen LogP contribution is -2.15. The van der Waals surface area contributed by atoms with E-state index in [-0.39, 0.29) is 12.6 Å². The van der Waals surface area contributed by atoms with Gasteiger partial charge in [-0.05, 0) is 37.1 Å². The van der Waals surface area contributed by atoms with E-state index in [1.165, 1.54) is 64.2 Å². The summed E-state index contributed by atoms with van der Waals surface area (Å²) in [5.74, 6) is -0.352. The fourth-order valence-electron chi connectivity index (χ4n) is 4.70. The van der Waals surface area contributed by atoms with E-state index >= 15 is 0 Å². The normalized spacial score (nSPS) is 11.3. The molecule has 1 aromatic carbocycles. The molecule has 0 spiro atoms. The van der Waals surface area contributed by atoms with Crippen molar-refractivity contribution in [2.45, 2.75) is 97.3 Å². The van der Waals surface area contributed by atoms with E-state index in [0.29, 0.717) is 91.5 Å². The number of anilines is 1. The monoisotopic (exact) mass is 683 g/mol. The van der Waals surface area contributed by atoms with Gasteiger partial charge in [0, 0.05) is 18.8 Å². The summed E-state index contributed by atoms with van der Waals surface area (Å²) in [5.41, 5.74) is 1.53. The zero-order valence-corrected chi connectivity index (χ0v) is 30.5. The minimum atomic E-state index is -0.352. The van der Waals surface area contributed by atoms with Crippen LogP contribution < -0.4 is 5.32 Å². The molecule has 0 aromatic heterocycles. The van der Waals surface area contributed by atoms with Crippen LogP contribution in [-0.2, 0) is 37.9 Å². The van der Waals surface area contributed by atoms with Crippen molar-refractivity contribution in [3.8, 4) is 0 Å². The van der Waals surface area contributed by atoms with Crippen LogP contribution in [0.3, 0.4) is 0 Å². The minimum Gasteiger partial charge on any atom is -0.460 e. The van der Waals surface area contributed by atoms with Crippen molar-refractivity contribution in [2.75, 3.05) is 111 Å². The molecule has 0 atom stereocenters. The number of ether oxygens (including phenoxy) is 8. The quantitative estimate of drug-likeness (QED) is 0.0557. The molecule has 48 heavy (non-hydrogen) atoms. The summed E-state index contributed by atoms with van der Waals surface area (Å²) in [6.07, 6.45) is 17.1. The van der Waals surface area contributed by atoms with Crippen molar-refractivity contribution >= 4 is 11.7 Å². The summed E-state index contributed by atoms with van der Waals surface area (Å²) in [4.78, 5) is 12.1. The van der Waals surface area contributed by atoms with Crippen molar-refractivity contribution < 1.29 is 42.7 Å². The lowest BCUT2D eigenvalue weighted by Gasteiger charge is -2.09. The Balaban J connectivity index is 1.70.